The minimum absolute atomic E-state index is 0.105. The lowest BCUT2D eigenvalue weighted by Gasteiger charge is -2.29. The quantitative estimate of drug-likeness (QED) is 0.375. The second-order valence-corrected chi connectivity index (χ2v) is 7.05. The van der Waals surface area contributed by atoms with Crippen LogP contribution >= 0.6 is 0 Å². The molecular formula is C12H17N5O7S. The number of carbonyl (C=O) groups excluding carboxylic acids is 2. The first-order valence-corrected chi connectivity index (χ1v) is 9.00. The molecule has 3 aliphatic heterocycles. The van der Waals surface area contributed by atoms with Crippen LogP contribution in [0, 0.1) is 11.3 Å². The molecule has 13 heteroatoms. The first kappa shape index (κ1) is 17.8. The minimum atomic E-state index is -4.83. The lowest BCUT2D eigenvalue weighted by atomic mass is 10.0. The molecule has 25 heavy (non-hydrogen) atoms. The van der Waals surface area contributed by atoms with Crippen LogP contribution in [0.1, 0.15) is 19.3 Å². The van der Waals surface area contributed by atoms with E-state index in [9.17, 15) is 18.0 Å². The molecule has 3 amide bonds. The number of nitriles is 1. The van der Waals surface area contributed by atoms with E-state index in [-0.39, 0.29) is 18.7 Å². The molecule has 138 valence electrons. The molecule has 0 aromatic rings. The van der Waals surface area contributed by atoms with Crippen molar-refractivity contribution in [2.75, 3.05) is 13.1 Å². The molecule has 0 radical (unpaired) electrons. The summed E-state index contributed by atoms with van der Waals surface area (Å²) < 4.78 is 34.7. The van der Waals surface area contributed by atoms with Crippen molar-refractivity contribution < 1.29 is 31.7 Å². The Hall–Kier alpha value is -1.98. The monoisotopic (exact) mass is 375 g/mol. The van der Waals surface area contributed by atoms with Crippen LogP contribution < -0.4 is 10.8 Å². The second-order valence-electron chi connectivity index (χ2n) is 6.04. The number of nitrogens with one attached hydrogen (secondary N) is 2. The van der Waals surface area contributed by atoms with Crippen LogP contribution in [-0.2, 0) is 24.3 Å². The SMILES string of the molecule is N#C[C@@H]1C[C@@H](ONC(=O)C2CCC3CN2C(=O)N3OS(=O)(=O)O)CN1. The fourth-order valence-electron chi connectivity index (χ4n) is 3.20. The number of nitrogens with zero attached hydrogens (tertiary/aromatic N) is 3. The highest BCUT2D eigenvalue weighted by Crippen LogP contribution is 2.30. The largest absolute Gasteiger partial charge is 0.418 e. The maximum atomic E-state index is 12.3. The summed E-state index contributed by atoms with van der Waals surface area (Å²) in [6, 6.07) is -0.486. The Labute approximate surface area is 143 Å². The Kier molecular flexibility index (Phi) is 4.80. The zero-order chi connectivity index (χ0) is 18.2. The normalized spacial score (nSPS) is 31.9. The molecule has 3 saturated heterocycles. The second kappa shape index (κ2) is 6.73. The molecule has 0 spiro atoms. The van der Waals surface area contributed by atoms with Gasteiger partial charge in [-0.05, 0) is 12.8 Å². The fraction of sp³-hybridized carbons (Fsp3) is 0.750. The van der Waals surface area contributed by atoms with Crippen molar-refractivity contribution in [1.29, 1.82) is 5.26 Å². The summed E-state index contributed by atoms with van der Waals surface area (Å²) in [7, 11) is -4.83. The third kappa shape index (κ3) is 3.83. The highest BCUT2D eigenvalue weighted by molar-refractivity contribution is 7.80. The molecule has 3 aliphatic rings. The van der Waals surface area contributed by atoms with Gasteiger partial charge in [0, 0.05) is 19.5 Å². The predicted octanol–water partition coefficient (Wildman–Crippen LogP) is -1.71. The number of rotatable bonds is 5. The van der Waals surface area contributed by atoms with Gasteiger partial charge in [0.05, 0.1) is 18.2 Å². The van der Waals surface area contributed by atoms with Crippen molar-refractivity contribution in [2.24, 2.45) is 0 Å². The van der Waals surface area contributed by atoms with Gasteiger partial charge in [-0.3, -0.25) is 19.5 Å². The summed E-state index contributed by atoms with van der Waals surface area (Å²) in [5.74, 6) is -0.541. The van der Waals surface area contributed by atoms with Gasteiger partial charge in [-0.25, -0.2) is 10.3 Å². The van der Waals surface area contributed by atoms with Crippen molar-refractivity contribution in [1.82, 2.24) is 20.8 Å². The van der Waals surface area contributed by atoms with E-state index < -0.39 is 34.4 Å². The Morgan fingerprint density at radius 3 is 2.84 bits per heavy atom. The van der Waals surface area contributed by atoms with E-state index in [2.05, 4.69) is 21.1 Å². The van der Waals surface area contributed by atoms with Crippen molar-refractivity contribution in [3.63, 3.8) is 0 Å². The first-order chi connectivity index (χ1) is 11.8. The summed E-state index contributed by atoms with van der Waals surface area (Å²) >= 11 is 0. The van der Waals surface area contributed by atoms with E-state index in [1.54, 1.807) is 0 Å². The number of piperidine rings is 1. The summed E-state index contributed by atoms with van der Waals surface area (Å²) in [6.45, 7) is 0.526. The van der Waals surface area contributed by atoms with Crippen molar-refractivity contribution in [3.8, 4) is 6.07 Å². The van der Waals surface area contributed by atoms with Crippen molar-refractivity contribution in [2.45, 2.75) is 43.5 Å². The number of fused-ring (bicyclic) bond motifs is 2. The van der Waals surface area contributed by atoms with Crippen LogP contribution in [0.3, 0.4) is 0 Å². The van der Waals surface area contributed by atoms with E-state index in [4.69, 9.17) is 14.7 Å². The Morgan fingerprint density at radius 2 is 2.20 bits per heavy atom. The minimum Gasteiger partial charge on any atom is -0.309 e. The first-order valence-electron chi connectivity index (χ1n) is 7.64. The van der Waals surface area contributed by atoms with Gasteiger partial charge in [0.25, 0.3) is 5.91 Å². The average Bonchev–Trinajstić information content (AvgIpc) is 3.11. The summed E-state index contributed by atoms with van der Waals surface area (Å²) in [6.07, 6.45) is 0.707. The molecule has 2 bridgehead atoms. The van der Waals surface area contributed by atoms with E-state index >= 15 is 0 Å². The Balaban J connectivity index is 1.56. The number of amides is 3. The predicted molar refractivity (Wildman–Crippen MR) is 78.4 cm³/mol. The number of hydrogen-bond donors (Lipinski definition) is 3. The van der Waals surface area contributed by atoms with Gasteiger partial charge in [0.1, 0.15) is 12.1 Å². The molecule has 0 saturated carbocycles. The number of carbonyl (C=O) groups is 2. The third-order valence-corrected chi connectivity index (χ3v) is 4.72. The van der Waals surface area contributed by atoms with E-state index in [1.807, 2.05) is 0 Å². The highest BCUT2D eigenvalue weighted by Gasteiger charge is 2.49. The van der Waals surface area contributed by atoms with Crippen LogP contribution in [0.5, 0.6) is 0 Å². The van der Waals surface area contributed by atoms with E-state index in [1.165, 1.54) is 4.90 Å². The summed E-state index contributed by atoms with van der Waals surface area (Å²) in [4.78, 5) is 30.9. The number of urea groups is 1. The topological polar surface area (TPSA) is 161 Å². The summed E-state index contributed by atoms with van der Waals surface area (Å²) in [5, 5.41) is 12.3. The zero-order valence-corrected chi connectivity index (χ0v) is 13.8. The summed E-state index contributed by atoms with van der Waals surface area (Å²) in [5.41, 5.74) is 2.30. The van der Waals surface area contributed by atoms with Gasteiger partial charge in [0.2, 0.25) is 0 Å². The lowest BCUT2D eigenvalue weighted by Crippen LogP contribution is -2.50. The van der Waals surface area contributed by atoms with Crippen LogP contribution in [0.2, 0.25) is 0 Å². The zero-order valence-electron chi connectivity index (χ0n) is 13.0. The van der Waals surface area contributed by atoms with Gasteiger partial charge in [-0.2, -0.15) is 18.7 Å². The molecule has 0 aromatic carbocycles. The maximum Gasteiger partial charge on any atom is 0.418 e. The Morgan fingerprint density at radius 1 is 1.44 bits per heavy atom. The smallest absolute Gasteiger partial charge is 0.309 e. The van der Waals surface area contributed by atoms with Crippen LogP contribution in [0.25, 0.3) is 0 Å². The molecule has 2 unspecified atom stereocenters. The molecular weight excluding hydrogens is 358 g/mol. The third-order valence-electron chi connectivity index (χ3n) is 4.37. The molecule has 12 nitrogen and oxygen atoms in total. The van der Waals surface area contributed by atoms with Gasteiger partial charge < -0.3 is 4.90 Å². The fourth-order valence-corrected chi connectivity index (χ4v) is 3.59. The van der Waals surface area contributed by atoms with Gasteiger partial charge in [-0.1, -0.05) is 0 Å². The lowest BCUT2D eigenvalue weighted by molar-refractivity contribution is -0.142. The maximum absolute atomic E-state index is 12.3. The molecule has 0 aliphatic carbocycles. The molecule has 4 atom stereocenters. The van der Waals surface area contributed by atoms with Gasteiger partial charge >= 0.3 is 16.4 Å². The van der Waals surface area contributed by atoms with Crippen LogP contribution in [0.4, 0.5) is 4.79 Å². The molecule has 0 aromatic heterocycles. The standard InChI is InChI=1S/C12H17N5O7S/c13-4-7-3-9(5-14-7)23-15-11(18)10-2-1-8-6-16(10)12(19)17(8)24-25(20,21)22/h7-10,14H,1-3,5-6H2,(H,15,18)(H,20,21,22)/t7-,8?,9+,10?/m0/s1. The number of hydroxylamine groups is 3. The van der Waals surface area contributed by atoms with Crippen LogP contribution in [-0.4, -0.2) is 72.2 Å². The highest BCUT2D eigenvalue weighted by atomic mass is 32.3. The molecule has 3 fully saturated rings. The average molecular weight is 375 g/mol. The van der Waals surface area contributed by atoms with E-state index in [0.29, 0.717) is 30.9 Å². The van der Waals surface area contributed by atoms with Crippen LogP contribution in [0.15, 0.2) is 0 Å². The number of hydrogen-bond acceptors (Lipinski definition) is 8. The van der Waals surface area contributed by atoms with Crippen molar-refractivity contribution >= 4 is 22.3 Å². The van der Waals surface area contributed by atoms with E-state index in [0.717, 1.165) is 0 Å². The molecule has 3 N–H and O–H groups in total. The Bertz CT molecular complexity index is 707. The van der Waals surface area contributed by atoms with Gasteiger partial charge in [-0.15, -0.1) is 4.28 Å². The van der Waals surface area contributed by atoms with Crippen molar-refractivity contribution in [3.05, 3.63) is 0 Å². The molecule has 3 rings (SSSR count). The van der Waals surface area contributed by atoms with Gasteiger partial charge in [0.15, 0.2) is 0 Å². The molecule has 3 heterocycles.